The highest BCUT2D eigenvalue weighted by molar-refractivity contribution is 5.82. The minimum absolute atomic E-state index is 0.296. The maximum absolute atomic E-state index is 11.7. The van der Waals surface area contributed by atoms with Gasteiger partial charge in [-0.25, -0.2) is 0 Å². The van der Waals surface area contributed by atoms with E-state index in [9.17, 15) is 4.79 Å². The minimum Gasteiger partial charge on any atom is -0.353 e. The Labute approximate surface area is 84.4 Å². The average Bonchev–Trinajstić information content (AvgIpc) is 2.52. The van der Waals surface area contributed by atoms with Crippen LogP contribution in [-0.2, 0) is 4.79 Å². The fourth-order valence-electron chi connectivity index (χ4n) is 3.88. The molecule has 2 saturated carbocycles. The van der Waals surface area contributed by atoms with Crippen LogP contribution < -0.4 is 11.1 Å². The van der Waals surface area contributed by atoms with Gasteiger partial charge in [-0.15, -0.1) is 0 Å². The summed E-state index contributed by atoms with van der Waals surface area (Å²) < 4.78 is 0. The molecule has 2 aliphatic carbocycles. The lowest BCUT2D eigenvalue weighted by molar-refractivity contribution is -0.124. The van der Waals surface area contributed by atoms with Crippen LogP contribution in [0.3, 0.4) is 0 Å². The van der Waals surface area contributed by atoms with E-state index in [1.165, 1.54) is 12.8 Å². The molecule has 5 unspecified atom stereocenters. The number of carbonyl (C=O) groups excluding carboxylic acids is 1. The van der Waals surface area contributed by atoms with Gasteiger partial charge in [0.1, 0.15) is 0 Å². The van der Waals surface area contributed by atoms with E-state index in [0.717, 1.165) is 19.3 Å². The molecule has 1 heterocycles. The Balaban J connectivity index is 1.91. The van der Waals surface area contributed by atoms with Gasteiger partial charge < -0.3 is 11.1 Å². The van der Waals surface area contributed by atoms with Crippen LogP contribution >= 0.6 is 0 Å². The monoisotopic (exact) mass is 194 g/mol. The van der Waals surface area contributed by atoms with E-state index in [4.69, 9.17) is 5.73 Å². The summed E-state index contributed by atoms with van der Waals surface area (Å²) in [6.45, 7) is 0. The molecule has 0 aromatic heterocycles. The van der Waals surface area contributed by atoms with Gasteiger partial charge in [0.2, 0.25) is 5.91 Å². The summed E-state index contributed by atoms with van der Waals surface area (Å²) in [4.78, 5) is 11.7. The van der Waals surface area contributed by atoms with Crippen molar-refractivity contribution in [1.29, 1.82) is 0 Å². The second kappa shape index (κ2) is 2.96. The van der Waals surface area contributed by atoms with Crippen molar-refractivity contribution in [3.8, 4) is 0 Å². The van der Waals surface area contributed by atoms with Crippen molar-refractivity contribution in [3.05, 3.63) is 0 Å². The lowest BCUT2D eigenvalue weighted by atomic mass is 9.64. The summed E-state index contributed by atoms with van der Waals surface area (Å²) in [6.07, 6.45) is 5.73. The van der Waals surface area contributed by atoms with Crippen molar-refractivity contribution in [1.82, 2.24) is 5.32 Å². The first-order chi connectivity index (χ1) is 6.77. The largest absolute Gasteiger partial charge is 0.353 e. The number of nitrogens with one attached hydrogen (secondary N) is 1. The van der Waals surface area contributed by atoms with E-state index in [1.807, 2.05) is 0 Å². The van der Waals surface area contributed by atoms with E-state index >= 15 is 0 Å². The minimum atomic E-state index is 0.296. The number of hydrogen-bond acceptors (Lipinski definition) is 2. The molecule has 3 nitrogen and oxygen atoms in total. The molecule has 3 N–H and O–H groups in total. The van der Waals surface area contributed by atoms with Gasteiger partial charge in [0, 0.05) is 18.0 Å². The van der Waals surface area contributed by atoms with Crippen molar-refractivity contribution in [2.24, 2.45) is 23.5 Å². The maximum Gasteiger partial charge on any atom is 0.223 e. The van der Waals surface area contributed by atoms with Crippen molar-refractivity contribution in [2.45, 2.75) is 44.2 Å². The molecular formula is C11H18N2O. The average molecular weight is 194 g/mol. The van der Waals surface area contributed by atoms with E-state index in [0.29, 0.717) is 35.7 Å². The topological polar surface area (TPSA) is 55.1 Å². The number of amides is 1. The van der Waals surface area contributed by atoms with Gasteiger partial charge in [0.05, 0.1) is 0 Å². The van der Waals surface area contributed by atoms with E-state index < -0.39 is 0 Å². The molecule has 1 amide bonds. The van der Waals surface area contributed by atoms with Gasteiger partial charge in [0.15, 0.2) is 0 Å². The van der Waals surface area contributed by atoms with Crippen molar-refractivity contribution in [2.75, 3.05) is 0 Å². The highest BCUT2D eigenvalue weighted by Crippen LogP contribution is 2.46. The first kappa shape index (κ1) is 8.72. The summed E-state index contributed by atoms with van der Waals surface area (Å²) in [5, 5.41) is 3.15. The van der Waals surface area contributed by atoms with Crippen LogP contribution in [0.25, 0.3) is 0 Å². The van der Waals surface area contributed by atoms with Crippen molar-refractivity contribution in [3.63, 3.8) is 0 Å². The first-order valence-corrected chi connectivity index (χ1v) is 5.83. The zero-order valence-electron chi connectivity index (χ0n) is 8.41. The Morgan fingerprint density at radius 1 is 1.21 bits per heavy atom. The predicted octanol–water partition coefficient (Wildman–Crippen LogP) is 0.638. The molecule has 1 saturated heterocycles. The summed E-state index contributed by atoms with van der Waals surface area (Å²) in [6, 6.07) is 0.810. The molecule has 3 aliphatic rings. The molecule has 5 atom stereocenters. The molecule has 3 heteroatoms. The quantitative estimate of drug-likeness (QED) is 0.594. The SMILES string of the molecule is NC1CCC2NC(=O)C3CCCC1C23. The van der Waals surface area contributed by atoms with Crippen molar-refractivity contribution < 1.29 is 4.79 Å². The fourth-order valence-corrected chi connectivity index (χ4v) is 3.88. The smallest absolute Gasteiger partial charge is 0.223 e. The van der Waals surface area contributed by atoms with Gasteiger partial charge in [-0.05, 0) is 37.5 Å². The molecule has 3 fully saturated rings. The van der Waals surface area contributed by atoms with E-state index in [-0.39, 0.29) is 0 Å². The Morgan fingerprint density at radius 2 is 2.07 bits per heavy atom. The van der Waals surface area contributed by atoms with Crippen LogP contribution in [0.15, 0.2) is 0 Å². The zero-order valence-corrected chi connectivity index (χ0v) is 8.41. The Morgan fingerprint density at radius 3 is 2.93 bits per heavy atom. The predicted molar refractivity (Wildman–Crippen MR) is 53.5 cm³/mol. The molecule has 0 spiro atoms. The van der Waals surface area contributed by atoms with Crippen LogP contribution in [0.2, 0.25) is 0 Å². The summed E-state index contributed by atoms with van der Waals surface area (Å²) in [5.74, 6) is 1.79. The van der Waals surface area contributed by atoms with Crippen LogP contribution in [0, 0.1) is 17.8 Å². The zero-order chi connectivity index (χ0) is 9.71. The number of rotatable bonds is 0. The summed E-state index contributed by atoms with van der Waals surface area (Å²) >= 11 is 0. The lowest BCUT2D eigenvalue weighted by Gasteiger charge is -2.42. The van der Waals surface area contributed by atoms with Gasteiger partial charge >= 0.3 is 0 Å². The highest BCUT2D eigenvalue weighted by atomic mass is 16.2. The number of carbonyl (C=O) groups is 1. The third-order valence-electron chi connectivity index (χ3n) is 4.50. The van der Waals surface area contributed by atoms with Crippen LogP contribution in [0.4, 0.5) is 0 Å². The first-order valence-electron chi connectivity index (χ1n) is 5.83. The van der Waals surface area contributed by atoms with Crippen molar-refractivity contribution >= 4 is 5.91 Å². The second-order valence-corrected chi connectivity index (χ2v) is 5.13. The molecule has 78 valence electrons. The second-order valence-electron chi connectivity index (χ2n) is 5.13. The van der Waals surface area contributed by atoms with Gasteiger partial charge in [0.25, 0.3) is 0 Å². The normalized spacial score (nSPS) is 51.2. The van der Waals surface area contributed by atoms with Gasteiger partial charge in [-0.2, -0.15) is 0 Å². The Hall–Kier alpha value is -0.570. The fraction of sp³-hybridized carbons (Fsp3) is 0.909. The third kappa shape index (κ3) is 1.05. The molecule has 0 aromatic carbocycles. The summed E-state index contributed by atoms with van der Waals surface area (Å²) in [7, 11) is 0. The molecule has 0 aromatic rings. The molecule has 0 radical (unpaired) electrons. The molecule has 0 bridgehead atoms. The van der Waals surface area contributed by atoms with Crippen LogP contribution in [0.1, 0.15) is 32.1 Å². The van der Waals surface area contributed by atoms with Crippen LogP contribution in [0.5, 0.6) is 0 Å². The Bertz CT molecular complexity index is 266. The number of nitrogens with two attached hydrogens (primary N) is 1. The lowest BCUT2D eigenvalue weighted by Crippen LogP contribution is -2.48. The Kier molecular flexibility index (Phi) is 1.84. The summed E-state index contributed by atoms with van der Waals surface area (Å²) in [5.41, 5.74) is 6.15. The molecular weight excluding hydrogens is 176 g/mol. The molecule has 3 rings (SSSR count). The molecule has 14 heavy (non-hydrogen) atoms. The van der Waals surface area contributed by atoms with Crippen LogP contribution in [-0.4, -0.2) is 18.0 Å². The highest BCUT2D eigenvalue weighted by Gasteiger charge is 2.51. The number of hydrogen-bond donors (Lipinski definition) is 2. The van der Waals surface area contributed by atoms with Gasteiger partial charge in [-0.3, -0.25) is 4.79 Å². The van der Waals surface area contributed by atoms with E-state index in [2.05, 4.69) is 5.32 Å². The van der Waals surface area contributed by atoms with Gasteiger partial charge in [-0.1, -0.05) is 6.42 Å². The van der Waals surface area contributed by atoms with E-state index in [1.54, 1.807) is 0 Å². The standard InChI is InChI=1S/C11H18N2O/c12-8-4-5-9-10-6(8)2-1-3-7(10)11(14)13-9/h6-10H,1-5,12H2,(H,13,14). The maximum atomic E-state index is 11.7. The molecule has 1 aliphatic heterocycles. The third-order valence-corrected chi connectivity index (χ3v) is 4.50.